The van der Waals surface area contributed by atoms with Gasteiger partial charge in [-0.3, -0.25) is 0 Å². The molecule has 0 bridgehead atoms. The standard InChI is InChI=1S/C16H16N4O2/c1-10(15-18-11(2)20-22-15)17-16(21)19-14-9-5-7-12-6-3-4-8-13(12)14/h3-10H,1-2H3,(H2,17,19,21). The second-order valence-electron chi connectivity index (χ2n) is 5.03. The minimum absolute atomic E-state index is 0.320. The Bertz CT molecular complexity index is 807. The first-order valence-electron chi connectivity index (χ1n) is 6.99. The number of hydrogen-bond donors (Lipinski definition) is 2. The van der Waals surface area contributed by atoms with Gasteiger partial charge in [-0.05, 0) is 25.3 Å². The van der Waals surface area contributed by atoms with Crippen molar-refractivity contribution in [3.63, 3.8) is 0 Å². The molecule has 2 N–H and O–H groups in total. The van der Waals surface area contributed by atoms with Crippen LogP contribution in [0.25, 0.3) is 10.8 Å². The first kappa shape index (κ1) is 14.1. The van der Waals surface area contributed by atoms with Crippen LogP contribution >= 0.6 is 0 Å². The highest BCUT2D eigenvalue weighted by atomic mass is 16.5. The molecule has 3 aromatic rings. The number of aromatic nitrogens is 2. The van der Waals surface area contributed by atoms with Crippen molar-refractivity contribution in [3.8, 4) is 0 Å². The van der Waals surface area contributed by atoms with Crippen LogP contribution in [0.3, 0.4) is 0 Å². The number of anilines is 1. The topological polar surface area (TPSA) is 80.0 Å². The van der Waals surface area contributed by atoms with Crippen LogP contribution in [0.2, 0.25) is 0 Å². The average Bonchev–Trinajstić information content (AvgIpc) is 2.94. The summed E-state index contributed by atoms with van der Waals surface area (Å²) in [6, 6.07) is 13.0. The normalized spacial score (nSPS) is 12.1. The van der Waals surface area contributed by atoms with Gasteiger partial charge >= 0.3 is 6.03 Å². The average molecular weight is 296 g/mol. The Balaban J connectivity index is 1.73. The van der Waals surface area contributed by atoms with Crippen LogP contribution in [-0.4, -0.2) is 16.2 Å². The molecule has 1 aromatic heterocycles. The molecule has 1 atom stereocenters. The Kier molecular flexibility index (Phi) is 3.74. The second kappa shape index (κ2) is 5.85. The van der Waals surface area contributed by atoms with Gasteiger partial charge in [-0.1, -0.05) is 41.6 Å². The van der Waals surface area contributed by atoms with E-state index in [9.17, 15) is 4.79 Å². The molecule has 6 nitrogen and oxygen atoms in total. The van der Waals surface area contributed by atoms with Crippen molar-refractivity contribution >= 4 is 22.5 Å². The van der Waals surface area contributed by atoms with Crippen molar-refractivity contribution in [1.82, 2.24) is 15.5 Å². The number of rotatable bonds is 3. The maximum Gasteiger partial charge on any atom is 0.319 e. The van der Waals surface area contributed by atoms with E-state index in [0.29, 0.717) is 11.7 Å². The third-order valence-electron chi connectivity index (χ3n) is 3.30. The van der Waals surface area contributed by atoms with Gasteiger partial charge in [0.05, 0.1) is 5.69 Å². The van der Waals surface area contributed by atoms with Crippen LogP contribution in [0.15, 0.2) is 47.0 Å². The predicted octanol–water partition coefficient (Wildman–Crippen LogP) is 3.41. The Morgan fingerprint density at radius 3 is 2.73 bits per heavy atom. The van der Waals surface area contributed by atoms with E-state index < -0.39 is 0 Å². The molecule has 0 spiro atoms. The van der Waals surface area contributed by atoms with Gasteiger partial charge in [0.15, 0.2) is 5.82 Å². The highest BCUT2D eigenvalue weighted by Crippen LogP contribution is 2.23. The fraction of sp³-hybridized carbons (Fsp3) is 0.188. The van der Waals surface area contributed by atoms with Crippen molar-refractivity contribution in [2.45, 2.75) is 19.9 Å². The van der Waals surface area contributed by atoms with Crippen LogP contribution in [-0.2, 0) is 0 Å². The van der Waals surface area contributed by atoms with Gasteiger partial charge in [-0.2, -0.15) is 4.98 Å². The van der Waals surface area contributed by atoms with E-state index in [2.05, 4.69) is 20.8 Å². The number of amides is 2. The van der Waals surface area contributed by atoms with E-state index in [-0.39, 0.29) is 12.1 Å². The van der Waals surface area contributed by atoms with Gasteiger partial charge in [-0.15, -0.1) is 0 Å². The molecular weight excluding hydrogens is 280 g/mol. The first-order valence-corrected chi connectivity index (χ1v) is 6.99. The lowest BCUT2D eigenvalue weighted by atomic mass is 10.1. The van der Waals surface area contributed by atoms with Crippen molar-refractivity contribution in [2.75, 3.05) is 5.32 Å². The number of carbonyl (C=O) groups excluding carboxylic acids is 1. The van der Waals surface area contributed by atoms with E-state index in [1.54, 1.807) is 13.8 Å². The number of nitrogens with one attached hydrogen (secondary N) is 2. The number of fused-ring (bicyclic) bond motifs is 1. The number of hydrogen-bond acceptors (Lipinski definition) is 4. The molecule has 0 saturated carbocycles. The van der Waals surface area contributed by atoms with Gasteiger partial charge in [0.1, 0.15) is 6.04 Å². The summed E-state index contributed by atoms with van der Waals surface area (Å²) < 4.78 is 5.04. The minimum Gasteiger partial charge on any atom is -0.337 e. The molecular formula is C16H16N4O2. The lowest BCUT2D eigenvalue weighted by molar-refractivity contribution is 0.245. The maximum absolute atomic E-state index is 12.1. The third-order valence-corrected chi connectivity index (χ3v) is 3.30. The number of nitrogens with zero attached hydrogens (tertiary/aromatic N) is 2. The fourth-order valence-electron chi connectivity index (χ4n) is 2.24. The third kappa shape index (κ3) is 2.90. The molecule has 1 heterocycles. The summed E-state index contributed by atoms with van der Waals surface area (Å²) in [5.41, 5.74) is 0.754. The minimum atomic E-state index is -0.365. The van der Waals surface area contributed by atoms with E-state index in [0.717, 1.165) is 16.5 Å². The van der Waals surface area contributed by atoms with Crippen LogP contribution in [0.1, 0.15) is 24.7 Å². The molecule has 6 heteroatoms. The molecule has 0 fully saturated rings. The molecule has 0 saturated heterocycles. The molecule has 112 valence electrons. The summed E-state index contributed by atoms with van der Waals surface area (Å²) in [4.78, 5) is 16.2. The van der Waals surface area contributed by atoms with E-state index >= 15 is 0 Å². The Morgan fingerprint density at radius 1 is 1.18 bits per heavy atom. The quantitative estimate of drug-likeness (QED) is 0.776. The molecule has 0 aliphatic rings. The lowest BCUT2D eigenvalue weighted by Gasteiger charge is -2.12. The number of benzene rings is 2. The first-order chi connectivity index (χ1) is 10.6. The summed E-state index contributed by atoms with van der Waals surface area (Å²) in [6.45, 7) is 3.52. The zero-order chi connectivity index (χ0) is 15.5. The smallest absolute Gasteiger partial charge is 0.319 e. The summed E-state index contributed by atoms with van der Waals surface area (Å²) in [7, 11) is 0. The van der Waals surface area contributed by atoms with Crippen molar-refractivity contribution < 1.29 is 9.32 Å². The van der Waals surface area contributed by atoms with Gasteiger partial charge in [-0.25, -0.2) is 4.79 Å². The van der Waals surface area contributed by atoms with Gasteiger partial charge in [0.2, 0.25) is 5.89 Å². The largest absolute Gasteiger partial charge is 0.337 e. The second-order valence-corrected chi connectivity index (χ2v) is 5.03. The lowest BCUT2D eigenvalue weighted by Crippen LogP contribution is -2.31. The monoisotopic (exact) mass is 296 g/mol. The van der Waals surface area contributed by atoms with Crippen molar-refractivity contribution in [3.05, 3.63) is 54.2 Å². The molecule has 0 aliphatic heterocycles. The molecule has 2 aromatic carbocycles. The number of urea groups is 1. The molecule has 0 aliphatic carbocycles. The molecule has 22 heavy (non-hydrogen) atoms. The zero-order valence-corrected chi connectivity index (χ0v) is 12.3. The summed E-state index contributed by atoms with van der Waals surface area (Å²) in [5, 5.41) is 11.4. The highest BCUT2D eigenvalue weighted by molar-refractivity contribution is 6.01. The van der Waals surface area contributed by atoms with Crippen LogP contribution in [0.5, 0.6) is 0 Å². The number of aryl methyl sites for hydroxylation is 1. The SMILES string of the molecule is Cc1noc(C(C)NC(=O)Nc2cccc3ccccc23)n1. The Hall–Kier alpha value is -2.89. The van der Waals surface area contributed by atoms with Crippen LogP contribution < -0.4 is 10.6 Å². The zero-order valence-electron chi connectivity index (χ0n) is 12.3. The van der Waals surface area contributed by atoms with Gasteiger partial charge < -0.3 is 15.2 Å². The van der Waals surface area contributed by atoms with Crippen LogP contribution in [0.4, 0.5) is 10.5 Å². The van der Waals surface area contributed by atoms with Crippen LogP contribution in [0, 0.1) is 6.92 Å². The summed E-state index contributed by atoms with van der Waals surface area (Å²) in [5.74, 6) is 0.920. The Labute approximate surface area is 127 Å². The van der Waals surface area contributed by atoms with Gasteiger partial charge in [0, 0.05) is 5.39 Å². The number of carbonyl (C=O) groups is 1. The predicted molar refractivity (Wildman–Crippen MR) is 83.6 cm³/mol. The van der Waals surface area contributed by atoms with Crippen molar-refractivity contribution in [1.29, 1.82) is 0 Å². The van der Waals surface area contributed by atoms with Gasteiger partial charge in [0.25, 0.3) is 0 Å². The Morgan fingerprint density at radius 2 is 1.95 bits per heavy atom. The molecule has 2 amide bonds. The summed E-state index contributed by atoms with van der Waals surface area (Å²) >= 11 is 0. The molecule has 1 unspecified atom stereocenters. The maximum atomic E-state index is 12.1. The summed E-state index contributed by atoms with van der Waals surface area (Å²) in [6.07, 6.45) is 0. The molecule has 0 radical (unpaired) electrons. The van der Waals surface area contributed by atoms with E-state index in [1.807, 2.05) is 42.5 Å². The highest BCUT2D eigenvalue weighted by Gasteiger charge is 2.15. The molecule has 3 rings (SSSR count). The van der Waals surface area contributed by atoms with E-state index in [1.165, 1.54) is 0 Å². The van der Waals surface area contributed by atoms with Crippen molar-refractivity contribution in [2.24, 2.45) is 0 Å². The van der Waals surface area contributed by atoms with E-state index in [4.69, 9.17) is 4.52 Å². The fourth-order valence-corrected chi connectivity index (χ4v) is 2.24.